The number of carboxylic acid groups (broad SMARTS) is 1. The molecule has 0 aliphatic heterocycles. The Morgan fingerprint density at radius 2 is 2.19 bits per heavy atom. The summed E-state index contributed by atoms with van der Waals surface area (Å²) in [6.07, 6.45) is 4.10. The van der Waals surface area contributed by atoms with Crippen LogP contribution in [0.3, 0.4) is 0 Å². The number of aromatic nitrogens is 1. The van der Waals surface area contributed by atoms with E-state index < -0.39 is 10.9 Å². The molecule has 1 saturated carbocycles. The van der Waals surface area contributed by atoms with Gasteiger partial charge in [0.15, 0.2) is 5.69 Å². The molecule has 1 unspecified atom stereocenters. The monoisotopic (exact) mass is 293 g/mol. The van der Waals surface area contributed by atoms with Gasteiger partial charge in [0.2, 0.25) is 5.82 Å². The van der Waals surface area contributed by atoms with Gasteiger partial charge in [-0.3, -0.25) is 10.1 Å². The maximum absolute atomic E-state index is 11.1. The Morgan fingerprint density at radius 3 is 2.76 bits per heavy atom. The standard InChI is InChI=1S/C14H19N3O4/c1-14(2)8-4-3-5-11(14)16-12-10(17(20)21)7-6-9(15-12)13(18)19/h6-7,11H,3-5,8H2,1-2H3,(H,15,16)(H,18,19). The molecule has 0 bridgehead atoms. The van der Waals surface area contributed by atoms with Gasteiger partial charge in [0.05, 0.1) is 4.92 Å². The fourth-order valence-corrected chi connectivity index (χ4v) is 2.75. The predicted molar refractivity (Wildman–Crippen MR) is 77.5 cm³/mol. The van der Waals surface area contributed by atoms with Crippen molar-refractivity contribution in [2.24, 2.45) is 5.41 Å². The van der Waals surface area contributed by atoms with Crippen LogP contribution < -0.4 is 5.32 Å². The van der Waals surface area contributed by atoms with Gasteiger partial charge >= 0.3 is 11.7 Å². The lowest BCUT2D eigenvalue weighted by Gasteiger charge is -2.39. The van der Waals surface area contributed by atoms with E-state index in [1.54, 1.807) is 0 Å². The first-order valence-corrected chi connectivity index (χ1v) is 6.96. The zero-order chi connectivity index (χ0) is 15.6. The molecule has 1 fully saturated rings. The zero-order valence-electron chi connectivity index (χ0n) is 12.1. The molecule has 21 heavy (non-hydrogen) atoms. The van der Waals surface area contributed by atoms with Gasteiger partial charge in [-0.25, -0.2) is 9.78 Å². The molecule has 0 saturated heterocycles. The van der Waals surface area contributed by atoms with E-state index in [-0.39, 0.29) is 28.7 Å². The minimum atomic E-state index is -1.20. The van der Waals surface area contributed by atoms with Crippen LogP contribution in [0.25, 0.3) is 0 Å². The van der Waals surface area contributed by atoms with Crippen molar-refractivity contribution in [2.75, 3.05) is 5.32 Å². The molecule has 1 heterocycles. The lowest BCUT2D eigenvalue weighted by Crippen LogP contribution is -2.39. The number of nitrogens with zero attached hydrogens (tertiary/aromatic N) is 2. The van der Waals surface area contributed by atoms with Crippen LogP contribution in [-0.2, 0) is 0 Å². The summed E-state index contributed by atoms with van der Waals surface area (Å²) < 4.78 is 0. The largest absolute Gasteiger partial charge is 0.477 e. The molecule has 1 aromatic rings. The summed E-state index contributed by atoms with van der Waals surface area (Å²) in [5.41, 5.74) is -0.398. The lowest BCUT2D eigenvalue weighted by atomic mass is 9.73. The Bertz CT molecular complexity index is 571. The third kappa shape index (κ3) is 3.29. The number of carboxylic acids is 1. The molecule has 0 amide bonds. The first-order chi connectivity index (χ1) is 9.81. The van der Waals surface area contributed by atoms with E-state index in [4.69, 9.17) is 5.11 Å². The van der Waals surface area contributed by atoms with Gasteiger partial charge in [-0.2, -0.15) is 0 Å². The Balaban J connectivity index is 2.34. The van der Waals surface area contributed by atoms with Crippen molar-refractivity contribution in [3.05, 3.63) is 27.9 Å². The number of nitro groups is 1. The highest BCUT2D eigenvalue weighted by Gasteiger charge is 2.34. The van der Waals surface area contributed by atoms with E-state index in [1.807, 2.05) is 0 Å². The quantitative estimate of drug-likeness (QED) is 0.652. The average molecular weight is 293 g/mol. The maximum atomic E-state index is 11.1. The molecular weight excluding hydrogens is 274 g/mol. The molecular formula is C14H19N3O4. The van der Waals surface area contributed by atoms with Crippen LogP contribution in [0.2, 0.25) is 0 Å². The average Bonchev–Trinajstić information content (AvgIpc) is 2.40. The van der Waals surface area contributed by atoms with E-state index in [1.165, 1.54) is 6.07 Å². The maximum Gasteiger partial charge on any atom is 0.354 e. The smallest absolute Gasteiger partial charge is 0.354 e. The van der Waals surface area contributed by atoms with Gasteiger partial charge < -0.3 is 10.4 Å². The third-order valence-corrected chi connectivity index (χ3v) is 4.11. The topological polar surface area (TPSA) is 105 Å². The summed E-state index contributed by atoms with van der Waals surface area (Å²) in [5, 5.41) is 23.2. The molecule has 1 aromatic heterocycles. The van der Waals surface area contributed by atoms with Crippen molar-refractivity contribution in [2.45, 2.75) is 45.6 Å². The molecule has 0 spiro atoms. The lowest BCUT2D eigenvalue weighted by molar-refractivity contribution is -0.384. The predicted octanol–water partition coefficient (Wildman–Crippen LogP) is 3.07. The van der Waals surface area contributed by atoms with Crippen LogP contribution >= 0.6 is 0 Å². The van der Waals surface area contributed by atoms with Crippen molar-refractivity contribution in [3.8, 4) is 0 Å². The van der Waals surface area contributed by atoms with Gasteiger partial charge in [-0.15, -0.1) is 0 Å². The highest BCUT2D eigenvalue weighted by atomic mass is 16.6. The van der Waals surface area contributed by atoms with Gasteiger partial charge in [-0.05, 0) is 24.3 Å². The second-order valence-corrected chi connectivity index (χ2v) is 6.06. The highest BCUT2D eigenvalue weighted by Crippen LogP contribution is 2.38. The van der Waals surface area contributed by atoms with Crippen LogP contribution in [0.1, 0.15) is 50.0 Å². The molecule has 2 N–H and O–H groups in total. The van der Waals surface area contributed by atoms with Crippen LogP contribution in [0.4, 0.5) is 11.5 Å². The fourth-order valence-electron chi connectivity index (χ4n) is 2.75. The number of rotatable bonds is 4. The van der Waals surface area contributed by atoms with Crippen LogP contribution in [0.15, 0.2) is 12.1 Å². The Kier molecular flexibility index (Phi) is 4.11. The number of aromatic carboxylic acids is 1. The van der Waals surface area contributed by atoms with Crippen LogP contribution in [-0.4, -0.2) is 27.0 Å². The number of hydrogen-bond donors (Lipinski definition) is 2. The van der Waals surface area contributed by atoms with E-state index in [2.05, 4.69) is 24.1 Å². The minimum absolute atomic E-state index is 0.00692. The Labute approximate surface area is 122 Å². The number of hydrogen-bond acceptors (Lipinski definition) is 5. The van der Waals surface area contributed by atoms with Gasteiger partial charge in [0.25, 0.3) is 0 Å². The summed E-state index contributed by atoms with van der Waals surface area (Å²) in [6, 6.07) is 2.38. The summed E-state index contributed by atoms with van der Waals surface area (Å²) >= 11 is 0. The summed E-state index contributed by atoms with van der Waals surface area (Å²) in [6.45, 7) is 4.22. The molecule has 114 valence electrons. The normalized spacial score (nSPS) is 20.8. The second-order valence-electron chi connectivity index (χ2n) is 6.06. The van der Waals surface area contributed by atoms with Crippen LogP contribution in [0.5, 0.6) is 0 Å². The van der Waals surface area contributed by atoms with Crippen LogP contribution in [0, 0.1) is 15.5 Å². The highest BCUT2D eigenvalue weighted by molar-refractivity contribution is 5.86. The number of anilines is 1. The van der Waals surface area contributed by atoms with Crippen molar-refractivity contribution in [1.29, 1.82) is 0 Å². The molecule has 1 aliphatic carbocycles. The SMILES string of the molecule is CC1(C)CCCCC1Nc1nc(C(=O)O)ccc1[N+](=O)[O-]. The summed E-state index contributed by atoms with van der Waals surface area (Å²) in [4.78, 5) is 25.4. The van der Waals surface area contributed by atoms with Gasteiger partial charge in [0, 0.05) is 12.1 Å². The first-order valence-electron chi connectivity index (χ1n) is 6.96. The van der Waals surface area contributed by atoms with Crippen molar-refractivity contribution < 1.29 is 14.8 Å². The molecule has 2 rings (SSSR count). The molecule has 1 aliphatic rings. The second kappa shape index (κ2) is 5.67. The molecule has 7 nitrogen and oxygen atoms in total. The number of carbonyl (C=O) groups is 1. The van der Waals surface area contributed by atoms with Gasteiger partial charge in [-0.1, -0.05) is 26.7 Å². The molecule has 0 aromatic carbocycles. The molecule has 1 atom stereocenters. The van der Waals surface area contributed by atoms with Crippen molar-refractivity contribution in [3.63, 3.8) is 0 Å². The Morgan fingerprint density at radius 1 is 1.48 bits per heavy atom. The summed E-state index contributed by atoms with van der Waals surface area (Å²) in [7, 11) is 0. The van der Waals surface area contributed by atoms with E-state index in [0.717, 1.165) is 31.7 Å². The van der Waals surface area contributed by atoms with Gasteiger partial charge in [0.1, 0.15) is 0 Å². The van der Waals surface area contributed by atoms with E-state index in [9.17, 15) is 14.9 Å². The van der Waals surface area contributed by atoms with Crippen molar-refractivity contribution >= 4 is 17.5 Å². The molecule has 0 radical (unpaired) electrons. The van der Waals surface area contributed by atoms with E-state index in [0.29, 0.717) is 0 Å². The first kappa shape index (κ1) is 15.2. The summed E-state index contributed by atoms with van der Waals surface area (Å²) in [5.74, 6) is -1.16. The third-order valence-electron chi connectivity index (χ3n) is 4.11. The number of pyridine rings is 1. The number of nitrogens with one attached hydrogen (secondary N) is 1. The minimum Gasteiger partial charge on any atom is -0.477 e. The zero-order valence-corrected chi connectivity index (χ0v) is 12.1. The molecule has 7 heteroatoms. The van der Waals surface area contributed by atoms with Crippen molar-refractivity contribution in [1.82, 2.24) is 4.98 Å². The Hall–Kier alpha value is -2.18. The fraction of sp³-hybridized carbons (Fsp3) is 0.571. The van der Waals surface area contributed by atoms with E-state index >= 15 is 0 Å².